The zero-order valence-corrected chi connectivity index (χ0v) is 11.8. The predicted octanol–water partition coefficient (Wildman–Crippen LogP) is 3.79. The maximum absolute atomic E-state index is 11.1. The second kappa shape index (κ2) is 5.05. The first-order valence-electron chi connectivity index (χ1n) is 5.99. The Morgan fingerprint density at radius 1 is 1.42 bits per heavy atom. The van der Waals surface area contributed by atoms with Gasteiger partial charge in [0.2, 0.25) is 0 Å². The molecule has 0 aliphatic carbocycles. The Labute approximate surface area is 116 Å². The van der Waals surface area contributed by atoms with Crippen molar-refractivity contribution in [2.24, 2.45) is 0 Å². The smallest absolute Gasteiger partial charge is 0.337 e. The van der Waals surface area contributed by atoms with Crippen LogP contribution >= 0.6 is 11.6 Å². The number of halogens is 1. The Morgan fingerprint density at radius 2 is 2.11 bits per heavy atom. The Morgan fingerprint density at radius 3 is 2.63 bits per heavy atom. The fraction of sp³-hybridized carbons (Fsp3) is 0.286. The molecule has 0 bridgehead atoms. The molecule has 0 radical (unpaired) electrons. The first-order chi connectivity index (χ1) is 8.90. The molecule has 0 amide bonds. The normalized spacial score (nSPS) is 11.0. The zero-order valence-electron chi connectivity index (χ0n) is 11.0. The number of hydrogen-bond donors (Lipinski definition) is 1. The van der Waals surface area contributed by atoms with Crippen LogP contribution in [0.2, 0.25) is 5.02 Å². The number of hydrogen-bond acceptors (Lipinski definition) is 2. The first-order valence-corrected chi connectivity index (χ1v) is 6.37. The Hall–Kier alpha value is -1.81. The summed E-state index contributed by atoms with van der Waals surface area (Å²) in [4.78, 5) is 11.1. The van der Waals surface area contributed by atoms with E-state index >= 15 is 0 Å². The molecule has 4 nitrogen and oxygen atoms in total. The molecule has 0 aliphatic heterocycles. The van der Waals surface area contributed by atoms with Gasteiger partial charge in [-0.25, -0.2) is 4.79 Å². The van der Waals surface area contributed by atoms with E-state index in [0.717, 1.165) is 16.8 Å². The molecule has 5 heteroatoms. The van der Waals surface area contributed by atoms with Crippen molar-refractivity contribution in [3.63, 3.8) is 0 Å². The van der Waals surface area contributed by atoms with Crippen molar-refractivity contribution in [2.75, 3.05) is 0 Å². The molecule has 1 heterocycles. The lowest BCUT2D eigenvalue weighted by atomic mass is 10.0. The topological polar surface area (TPSA) is 55.1 Å². The van der Waals surface area contributed by atoms with Gasteiger partial charge < -0.3 is 5.11 Å². The van der Waals surface area contributed by atoms with Crippen LogP contribution < -0.4 is 0 Å². The molecule has 2 aromatic rings. The molecule has 100 valence electrons. The number of aromatic nitrogens is 2. The lowest BCUT2D eigenvalue weighted by molar-refractivity contribution is 0.0697. The quantitative estimate of drug-likeness (QED) is 0.929. The summed E-state index contributed by atoms with van der Waals surface area (Å²) in [6.07, 6.45) is 1.93. The third-order valence-corrected chi connectivity index (χ3v) is 3.28. The lowest BCUT2D eigenvalue weighted by Gasteiger charge is -2.04. The maximum atomic E-state index is 11.1. The highest BCUT2D eigenvalue weighted by Gasteiger charge is 2.14. The number of aromatic carboxylic acids is 1. The summed E-state index contributed by atoms with van der Waals surface area (Å²) >= 11 is 5.87. The largest absolute Gasteiger partial charge is 0.478 e. The van der Waals surface area contributed by atoms with Crippen LogP contribution in [0.3, 0.4) is 0 Å². The Kier molecular flexibility index (Phi) is 3.62. The van der Waals surface area contributed by atoms with Gasteiger partial charge in [0.1, 0.15) is 0 Å². The molecule has 0 saturated carbocycles. The highest BCUT2D eigenvalue weighted by molar-refractivity contribution is 6.33. The van der Waals surface area contributed by atoms with Crippen LogP contribution in [0.4, 0.5) is 0 Å². The van der Waals surface area contributed by atoms with Crippen molar-refractivity contribution >= 4 is 17.6 Å². The predicted molar refractivity (Wildman–Crippen MR) is 74.8 cm³/mol. The number of rotatable bonds is 3. The van der Waals surface area contributed by atoms with Gasteiger partial charge in [-0.3, -0.25) is 4.68 Å². The third-order valence-electron chi connectivity index (χ3n) is 2.95. The van der Waals surface area contributed by atoms with E-state index in [1.54, 1.807) is 12.1 Å². The molecule has 1 aromatic heterocycles. The van der Waals surface area contributed by atoms with Gasteiger partial charge in [-0.1, -0.05) is 17.7 Å². The summed E-state index contributed by atoms with van der Waals surface area (Å²) in [5, 5.41) is 13.8. The number of benzene rings is 1. The fourth-order valence-corrected chi connectivity index (χ4v) is 2.08. The van der Waals surface area contributed by atoms with Gasteiger partial charge in [-0.05, 0) is 38.5 Å². The molecule has 2 rings (SSSR count). The van der Waals surface area contributed by atoms with Crippen LogP contribution in [0, 0.1) is 6.92 Å². The van der Waals surface area contributed by atoms with Crippen LogP contribution in [0.1, 0.15) is 35.9 Å². The fourth-order valence-electron chi connectivity index (χ4n) is 1.89. The second-order valence-corrected chi connectivity index (χ2v) is 5.11. The van der Waals surface area contributed by atoms with Crippen LogP contribution in [0.15, 0.2) is 24.4 Å². The van der Waals surface area contributed by atoms with E-state index in [9.17, 15) is 4.79 Å². The van der Waals surface area contributed by atoms with Crippen LogP contribution in [-0.2, 0) is 0 Å². The molecule has 1 N–H and O–H groups in total. The van der Waals surface area contributed by atoms with E-state index in [2.05, 4.69) is 5.10 Å². The highest BCUT2D eigenvalue weighted by Crippen LogP contribution is 2.28. The first kappa shape index (κ1) is 13.6. The van der Waals surface area contributed by atoms with Crippen molar-refractivity contribution in [3.8, 4) is 11.1 Å². The van der Waals surface area contributed by atoms with Crippen molar-refractivity contribution in [2.45, 2.75) is 26.8 Å². The van der Waals surface area contributed by atoms with E-state index in [1.165, 1.54) is 0 Å². The van der Waals surface area contributed by atoms with Gasteiger partial charge in [-0.2, -0.15) is 5.10 Å². The summed E-state index contributed by atoms with van der Waals surface area (Å²) < 4.78 is 1.86. The molecular formula is C14H15ClN2O2. The van der Waals surface area contributed by atoms with Gasteiger partial charge in [0, 0.05) is 17.8 Å². The molecule has 1 aromatic carbocycles. The number of carboxylic acids is 1. The number of carboxylic acid groups (broad SMARTS) is 1. The van der Waals surface area contributed by atoms with Crippen LogP contribution in [0.5, 0.6) is 0 Å². The molecule has 0 atom stereocenters. The summed E-state index contributed by atoms with van der Waals surface area (Å²) in [5.41, 5.74) is 2.71. The summed E-state index contributed by atoms with van der Waals surface area (Å²) in [6, 6.07) is 5.26. The van der Waals surface area contributed by atoms with Crippen LogP contribution in [-0.4, -0.2) is 20.9 Å². The van der Waals surface area contributed by atoms with Gasteiger partial charge in [0.25, 0.3) is 0 Å². The Bertz CT molecular complexity index is 632. The van der Waals surface area contributed by atoms with Gasteiger partial charge in [0.15, 0.2) is 0 Å². The van der Waals surface area contributed by atoms with Crippen molar-refractivity contribution in [1.29, 1.82) is 0 Å². The standard InChI is InChI=1S/C14H15ClN2O2/c1-8(2)17-7-12(9(3)16-17)10-4-5-13(15)11(6-10)14(18)19/h4-8H,1-3H3,(H,18,19). The molecule has 0 fully saturated rings. The minimum atomic E-state index is -1.03. The summed E-state index contributed by atoms with van der Waals surface area (Å²) in [5.74, 6) is -1.03. The summed E-state index contributed by atoms with van der Waals surface area (Å²) in [7, 11) is 0. The van der Waals surface area contributed by atoms with E-state index in [-0.39, 0.29) is 16.6 Å². The minimum absolute atomic E-state index is 0.107. The van der Waals surface area contributed by atoms with E-state index in [4.69, 9.17) is 16.7 Å². The molecule has 0 saturated heterocycles. The van der Waals surface area contributed by atoms with Gasteiger partial charge in [0.05, 0.1) is 16.3 Å². The van der Waals surface area contributed by atoms with E-state index in [0.29, 0.717) is 0 Å². The SMILES string of the molecule is Cc1nn(C(C)C)cc1-c1ccc(Cl)c(C(=O)O)c1. The summed E-state index contributed by atoms with van der Waals surface area (Å²) in [6.45, 7) is 5.99. The van der Waals surface area contributed by atoms with E-state index < -0.39 is 5.97 Å². The average Bonchev–Trinajstić information content (AvgIpc) is 2.72. The lowest BCUT2D eigenvalue weighted by Crippen LogP contribution is -2.00. The molecular weight excluding hydrogens is 264 g/mol. The molecule has 19 heavy (non-hydrogen) atoms. The van der Waals surface area contributed by atoms with Gasteiger partial charge >= 0.3 is 5.97 Å². The second-order valence-electron chi connectivity index (χ2n) is 4.70. The molecule has 0 unspecified atom stereocenters. The molecule has 0 spiro atoms. The zero-order chi connectivity index (χ0) is 14.2. The maximum Gasteiger partial charge on any atom is 0.337 e. The highest BCUT2D eigenvalue weighted by atomic mass is 35.5. The van der Waals surface area contributed by atoms with E-state index in [1.807, 2.05) is 37.7 Å². The molecule has 0 aliphatic rings. The number of aryl methyl sites for hydroxylation is 1. The van der Waals surface area contributed by atoms with Gasteiger partial charge in [-0.15, -0.1) is 0 Å². The monoisotopic (exact) mass is 278 g/mol. The van der Waals surface area contributed by atoms with Crippen LogP contribution in [0.25, 0.3) is 11.1 Å². The number of nitrogens with zero attached hydrogens (tertiary/aromatic N) is 2. The van der Waals surface area contributed by atoms with Crippen molar-refractivity contribution < 1.29 is 9.90 Å². The average molecular weight is 279 g/mol. The number of carbonyl (C=O) groups is 1. The van der Waals surface area contributed by atoms with Crippen molar-refractivity contribution in [3.05, 3.63) is 40.7 Å². The minimum Gasteiger partial charge on any atom is -0.478 e. The van der Waals surface area contributed by atoms with Crippen molar-refractivity contribution in [1.82, 2.24) is 9.78 Å². The Balaban J connectivity index is 2.53. The third kappa shape index (κ3) is 2.63.